The molecule has 1 aliphatic rings. The van der Waals surface area contributed by atoms with Gasteiger partial charge in [0, 0.05) is 24.5 Å². The van der Waals surface area contributed by atoms with E-state index in [2.05, 4.69) is 22.1 Å². The minimum atomic E-state index is -0.0276. The van der Waals surface area contributed by atoms with Gasteiger partial charge in [-0.25, -0.2) is 0 Å². The largest absolute Gasteiger partial charge is 0.370 e. The van der Waals surface area contributed by atoms with E-state index in [1.165, 1.54) is 12.8 Å². The van der Waals surface area contributed by atoms with Gasteiger partial charge in [0.2, 0.25) is 0 Å². The smallest absolute Gasteiger partial charge is 0.257 e. The fourth-order valence-electron chi connectivity index (χ4n) is 2.68. The van der Waals surface area contributed by atoms with Crippen molar-refractivity contribution in [2.45, 2.75) is 25.8 Å². The van der Waals surface area contributed by atoms with Crippen LogP contribution in [0, 0.1) is 0 Å². The number of likely N-dealkylation sites (N-methyl/N-ethyl adjacent to an activating group) is 1. The van der Waals surface area contributed by atoms with Gasteiger partial charge >= 0.3 is 0 Å². The van der Waals surface area contributed by atoms with Crippen LogP contribution < -0.4 is 10.9 Å². The third-order valence-corrected chi connectivity index (χ3v) is 3.94. The molecular weight excluding hydrogens is 250 g/mol. The summed E-state index contributed by atoms with van der Waals surface area (Å²) in [7, 11) is 0. The van der Waals surface area contributed by atoms with E-state index in [4.69, 9.17) is 0 Å². The van der Waals surface area contributed by atoms with E-state index in [1.54, 1.807) is 0 Å². The minimum Gasteiger partial charge on any atom is -0.370 e. The van der Waals surface area contributed by atoms with E-state index >= 15 is 0 Å². The normalized spacial score (nSPS) is 14.9. The van der Waals surface area contributed by atoms with Crippen LogP contribution in [0.2, 0.25) is 0 Å². The fraction of sp³-hybridized carbons (Fsp3) is 0.438. The summed E-state index contributed by atoms with van der Waals surface area (Å²) in [5.74, 6) is 0.806. The third-order valence-electron chi connectivity index (χ3n) is 3.94. The summed E-state index contributed by atoms with van der Waals surface area (Å²) in [6.07, 6.45) is 2.67. The second-order valence-corrected chi connectivity index (χ2v) is 5.39. The topological polar surface area (TPSA) is 48.1 Å². The number of rotatable bonds is 6. The van der Waals surface area contributed by atoms with Crippen LogP contribution in [0.5, 0.6) is 0 Å². The second-order valence-electron chi connectivity index (χ2n) is 5.39. The number of nitrogens with zero attached hydrogens (tertiary/aromatic N) is 1. The number of fused-ring (bicyclic) bond motifs is 1. The van der Waals surface area contributed by atoms with Crippen molar-refractivity contribution in [1.82, 2.24) is 9.88 Å². The highest BCUT2D eigenvalue weighted by atomic mass is 16.1. The minimum absolute atomic E-state index is 0.0276. The van der Waals surface area contributed by atoms with Gasteiger partial charge in [-0.2, -0.15) is 0 Å². The Morgan fingerprint density at radius 1 is 1.35 bits per heavy atom. The van der Waals surface area contributed by atoms with Crippen LogP contribution in [0.15, 0.2) is 35.1 Å². The Morgan fingerprint density at radius 3 is 2.90 bits per heavy atom. The first-order chi connectivity index (χ1) is 9.78. The molecule has 4 nitrogen and oxygen atoms in total. The van der Waals surface area contributed by atoms with Crippen molar-refractivity contribution in [3.05, 3.63) is 40.7 Å². The highest BCUT2D eigenvalue weighted by Crippen LogP contribution is 2.26. The molecule has 0 spiro atoms. The van der Waals surface area contributed by atoms with Crippen LogP contribution in [-0.4, -0.2) is 35.6 Å². The molecule has 0 atom stereocenters. The molecule has 0 bridgehead atoms. The first-order valence-electron chi connectivity index (χ1n) is 7.38. The Morgan fingerprint density at radius 2 is 2.15 bits per heavy atom. The Hall–Kier alpha value is -1.81. The average molecular weight is 271 g/mol. The molecule has 1 saturated carbocycles. The molecule has 2 N–H and O–H groups in total. The van der Waals surface area contributed by atoms with Gasteiger partial charge in [-0.15, -0.1) is 0 Å². The number of anilines is 1. The molecule has 1 aromatic carbocycles. The number of aromatic amines is 1. The molecule has 1 aliphatic carbocycles. The maximum atomic E-state index is 12.0. The van der Waals surface area contributed by atoms with Gasteiger partial charge < -0.3 is 10.3 Å². The van der Waals surface area contributed by atoms with Crippen LogP contribution in [0.3, 0.4) is 0 Å². The van der Waals surface area contributed by atoms with Crippen molar-refractivity contribution in [1.29, 1.82) is 0 Å². The molecule has 2 aromatic rings. The summed E-state index contributed by atoms with van der Waals surface area (Å²) in [4.78, 5) is 17.4. The van der Waals surface area contributed by atoms with Crippen molar-refractivity contribution in [3.63, 3.8) is 0 Å². The van der Waals surface area contributed by atoms with Gasteiger partial charge in [-0.3, -0.25) is 9.69 Å². The zero-order valence-electron chi connectivity index (χ0n) is 11.9. The first kappa shape index (κ1) is 13.2. The molecule has 1 fully saturated rings. The molecular formula is C16H21N3O. The first-order valence-corrected chi connectivity index (χ1v) is 7.38. The van der Waals surface area contributed by atoms with E-state index in [1.807, 2.05) is 30.3 Å². The Labute approximate surface area is 118 Å². The number of hydrogen-bond acceptors (Lipinski definition) is 3. The SMILES string of the molecule is CCN(CCNc1cc2ccccc2c(=O)[nH]1)C1CC1. The summed E-state index contributed by atoms with van der Waals surface area (Å²) in [6.45, 7) is 5.19. The number of hydrogen-bond donors (Lipinski definition) is 2. The summed E-state index contributed by atoms with van der Waals surface area (Å²) >= 11 is 0. The van der Waals surface area contributed by atoms with Gasteiger partial charge in [0.05, 0.1) is 0 Å². The maximum Gasteiger partial charge on any atom is 0.257 e. The standard InChI is InChI=1S/C16H21N3O/c1-2-19(13-7-8-13)10-9-17-15-11-12-5-3-4-6-14(12)16(20)18-15/h3-6,11,13H,2,7-10H2,1H3,(H2,17,18,20). The van der Waals surface area contributed by atoms with Gasteiger partial charge in [0.15, 0.2) is 0 Å². The zero-order valence-corrected chi connectivity index (χ0v) is 11.9. The van der Waals surface area contributed by atoms with Crippen molar-refractivity contribution in [2.75, 3.05) is 25.0 Å². The van der Waals surface area contributed by atoms with Crippen LogP contribution in [0.1, 0.15) is 19.8 Å². The molecule has 0 saturated heterocycles. The average Bonchev–Trinajstić information content (AvgIpc) is 3.28. The Kier molecular flexibility index (Phi) is 3.74. The van der Waals surface area contributed by atoms with Gasteiger partial charge in [-0.05, 0) is 36.9 Å². The predicted molar refractivity (Wildman–Crippen MR) is 83.3 cm³/mol. The lowest BCUT2D eigenvalue weighted by Gasteiger charge is -2.20. The fourth-order valence-corrected chi connectivity index (χ4v) is 2.68. The molecule has 0 amide bonds. The lowest BCUT2D eigenvalue weighted by atomic mass is 10.2. The molecule has 3 rings (SSSR count). The van der Waals surface area contributed by atoms with Crippen LogP contribution in [0.25, 0.3) is 10.8 Å². The summed E-state index contributed by atoms with van der Waals surface area (Å²) in [5.41, 5.74) is -0.0276. The Balaban J connectivity index is 1.66. The highest BCUT2D eigenvalue weighted by Gasteiger charge is 2.27. The number of pyridine rings is 1. The van der Waals surface area contributed by atoms with E-state index in [9.17, 15) is 4.79 Å². The molecule has 0 radical (unpaired) electrons. The predicted octanol–water partition coefficient (Wildman–Crippen LogP) is 2.42. The highest BCUT2D eigenvalue weighted by molar-refractivity contribution is 5.83. The molecule has 20 heavy (non-hydrogen) atoms. The van der Waals surface area contributed by atoms with E-state index in [-0.39, 0.29) is 5.56 Å². The number of benzene rings is 1. The monoisotopic (exact) mass is 271 g/mol. The van der Waals surface area contributed by atoms with Crippen molar-refractivity contribution in [3.8, 4) is 0 Å². The van der Waals surface area contributed by atoms with Gasteiger partial charge in [0.1, 0.15) is 5.82 Å². The van der Waals surface area contributed by atoms with E-state index in [0.717, 1.165) is 42.3 Å². The van der Waals surface area contributed by atoms with Crippen molar-refractivity contribution < 1.29 is 0 Å². The third kappa shape index (κ3) is 2.85. The van der Waals surface area contributed by atoms with Crippen LogP contribution >= 0.6 is 0 Å². The molecule has 4 heteroatoms. The number of H-pyrrole nitrogens is 1. The van der Waals surface area contributed by atoms with Crippen molar-refractivity contribution in [2.24, 2.45) is 0 Å². The van der Waals surface area contributed by atoms with E-state index in [0.29, 0.717) is 0 Å². The Bertz CT molecular complexity index is 645. The molecule has 1 aromatic heterocycles. The summed E-state index contributed by atoms with van der Waals surface area (Å²) < 4.78 is 0. The number of aromatic nitrogens is 1. The second kappa shape index (κ2) is 5.67. The van der Waals surface area contributed by atoms with Gasteiger partial charge in [0.25, 0.3) is 5.56 Å². The molecule has 106 valence electrons. The quantitative estimate of drug-likeness (QED) is 0.848. The molecule has 0 aliphatic heterocycles. The maximum absolute atomic E-state index is 12.0. The van der Waals surface area contributed by atoms with Crippen molar-refractivity contribution >= 4 is 16.6 Å². The zero-order chi connectivity index (χ0) is 13.9. The number of nitrogens with one attached hydrogen (secondary N) is 2. The summed E-state index contributed by atoms with van der Waals surface area (Å²) in [5, 5.41) is 5.05. The van der Waals surface area contributed by atoms with Crippen LogP contribution in [-0.2, 0) is 0 Å². The van der Waals surface area contributed by atoms with E-state index < -0.39 is 0 Å². The molecule has 0 unspecified atom stereocenters. The summed E-state index contributed by atoms with van der Waals surface area (Å²) in [6, 6.07) is 10.5. The van der Waals surface area contributed by atoms with Gasteiger partial charge in [-0.1, -0.05) is 25.1 Å². The molecule has 1 heterocycles. The lowest BCUT2D eigenvalue weighted by molar-refractivity contribution is 0.289. The van der Waals surface area contributed by atoms with Crippen LogP contribution in [0.4, 0.5) is 5.82 Å². The lowest BCUT2D eigenvalue weighted by Crippen LogP contribution is -2.31.